The molecule has 0 atom stereocenters. The Kier molecular flexibility index (Phi) is 9.13. The van der Waals surface area contributed by atoms with Gasteiger partial charge in [0.15, 0.2) is 0 Å². The number of nitriles is 2. The fourth-order valence-electron chi connectivity index (χ4n) is 0.114. The molecule has 0 aromatic carbocycles. The van der Waals surface area contributed by atoms with Crippen LogP contribution >= 0.6 is 0 Å². The Labute approximate surface area is 69.8 Å². The first-order chi connectivity index (χ1) is 3.31. The van der Waals surface area contributed by atoms with E-state index in [-0.39, 0.29) is 36.0 Å². The van der Waals surface area contributed by atoms with E-state index in [1.807, 2.05) is 0 Å². The normalized spacial score (nSPS) is 5.38. The molecule has 0 aliphatic rings. The SMILES string of the molecule is N#CC[C-](O)C#N.[Na+]. The molecule has 0 spiro atoms. The number of hydrogen-bond donors (Lipinski definition) is 1. The average Bonchev–Trinajstić information content (AvgIpc) is 1.68. The van der Waals surface area contributed by atoms with Crippen LogP contribution in [0.4, 0.5) is 0 Å². The maximum absolute atomic E-state index is 8.19. The number of aliphatic hydroxyl groups is 1. The van der Waals surface area contributed by atoms with Gasteiger partial charge < -0.3 is 5.11 Å². The summed E-state index contributed by atoms with van der Waals surface area (Å²) in [7, 11) is 0. The molecule has 0 fully saturated rings. The largest absolute Gasteiger partial charge is 1.00 e. The number of aliphatic hydroxyl groups excluding tert-OH is 1. The Morgan fingerprint density at radius 2 is 2.00 bits per heavy atom. The van der Waals surface area contributed by atoms with E-state index in [9.17, 15) is 0 Å². The van der Waals surface area contributed by atoms with Gasteiger partial charge in [0.2, 0.25) is 0 Å². The fraction of sp³-hybridized carbons (Fsp3) is 0.250. The molecule has 0 aromatic rings. The van der Waals surface area contributed by atoms with E-state index in [1.165, 1.54) is 6.07 Å². The number of rotatable bonds is 1. The van der Waals surface area contributed by atoms with Crippen LogP contribution in [0.3, 0.4) is 0 Å². The third kappa shape index (κ3) is 5.81. The Morgan fingerprint density at radius 3 is 2.12 bits per heavy atom. The van der Waals surface area contributed by atoms with Crippen LogP contribution < -0.4 is 29.6 Å². The molecule has 0 saturated heterocycles. The maximum Gasteiger partial charge on any atom is 1.00 e. The minimum atomic E-state index is -0.428. The standard InChI is InChI=1S/C4H3N2O.Na/c5-2-1-4(7)3-6;/h7H,1H2;/q-1;+1. The van der Waals surface area contributed by atoms with Gasteiger partial charge in [-0.2, -0.15) is 6.10 Å². The van der Waals surface area contributed by atoms with Gasteiger partial charge in [0.25, 0.3) is 0 Å². The molecule has 3 nitrogen and oxygen atoms in total. The Hall–Kier alpha value is -0.190. The molecule has 4 heteroatoms. The zero-order valence-electron chi connectivity index (χ0n) is 4.55. The second-order valence-electron chi connectivity index (χ2n) is 0.893. The van der Waals surface area contributed by atoms with E-state index in [0.29, 0.717) is 0 Å². The molecular formula is C4H3N2NaO. The molecular weight excluding hydrogens is 115 g/mol. The third-order valence-corrected chi connectivity index (χ3v) is 0.376. The second kappa shape index (κ2) is 6.81. The third-order valence-electron chi connectivity index (χ3n) is 0.376. The zero-order valence-corrected chi connectivity index (χ0v) is 6.55. The first-order valence-corrected chi connectivity index (χ1v) is 1.63. The van der Waals surface area contributed by atoms with Crippen LogP contribution in [0, 0.1) is 28.8 Å². The quantitative estimate of drug-likeness (QED) is 0.232. The van der Waals surface area contributed by atoms with Crippen LogP contribution in [-0.4, -0.2) is 5.11 Å². The van der Waals surface area contributed by atoms with Gasteiger partial charge in [-0.1, -0.05) is 6.07 Å². The summed E-state index contributed by atoms with van der Waals surface area (Å²) in [6.07, 6.45) is -0.612. The predicted molar refractivity (Wildman–Crippen MR) is 21.0 cm³/mol. The molecule has 0 radical (unpaired) electrons. The molecule has 0 unspecified atom stereocenters. The first-order valence-electron chi connectivity index (χ1n) is 1.63. The molecule has 8 heavy (non-hydrogen) atoms. The molecule has 0 rings (SSSR count). The molecule has 0 amide bonds. The van der Waals surface area contributed by atoms with Gasteiger partial charge >= 0.3 is 29.6 Å². The summed E-state index contributed by atoms with van der Waals surface area (Å²) in [4.78, 5) is 0. The summed E-state index contributed by atoms with van der Waals surface area (Å²) in [5.41, 5.74) is 0. The van der Waals surface area contributed by atoms with Gasteiger partial charge in [0.1, 0.15) is 0 Å². The van der Waals surface area contributed by atoms with Crippen molar-refractivity contribution in [3.05, 3.63) is 6.10 Å². The summed E-state index contributed by atoms with van der Waals surface area (Å²) < 4.78 is 0. The number of hydrogen-bond acceptors (Lipinski definition) is 3. The van der Waals surface area contributed by atoms with Crippen LogP contribution in [0.25, 0.3) is 0 Å². The van der Waals surface area contributed by atoms with Gasteiger partial charge in [-0.25, -0.2) is 10.5 Å². The Bertz CT molecular complexity index is 123. The maximum atomic E-state index is 8.19. The molecule has 1 N–H and O–H groups in total. The van der Waals surface area contributed by atoms with E-state index in [0.717, 1.165) is 0 Å². The van der Waals surface area contributed by atoms with Gasteiger partial charge in [-0.15, -0.1) is 0 Å². The Morgan fingerprint density at radius 1 is 1.50 bits per heavy atom. The predicted octanol–water partition coefficient (Wildman–Crippen LogP) is -2.67. The van der Waals surface area contributed by atoms with Crippen LogP contribution in [0.2, 0.25) is 0 Å². The van der Waals surface area contributed by atoms with Crippen molar-refractivity contribution in [1.29, 1.82) is 10.5 Å². The van der Waals surface area contributed by atoms with Crippen molar-refractivity contribution in [2.75, 3.05) is 0 Å². The van der Waals surface area contributed by atoms with Crippen molar-refractivity contribution in [2.24, 2.45) is 0 Å². The summed E-state index contributed by atoms with van der Waals surface area (Å²) in [6.45, 7) is 0. The van der Waals surface area contributed by atoms with Crippen LogP contribution in [-0.2, 0) is 0 Å². The summed E-state index contributed by atoms with van der Waals surface area (Å²) in [5, 5.41) is 23.8. The topological polar surface area (TPSA) is 67.8 Å². The van der Waals surface area contributed by atoms with E-state index < -0.39 is 6.10 Å². The number of nitrogens with zero attached hydrogens (tertiary/aromatic N) is 2. The molecule has 0 bridgehead atoms. The van der Waals surface area contributed by atoms with Crippen molar-refractivity contribution in [2.45, 2.75) is 6.42 Å². The van der Waals surface area contributed by atoms with E-state index >= 15 is 0 Å². The molecule has 0 saturated carbocycles. The van der Waals surface area contributed by atoms with Gasteiger partial charge in [0, 0.05) is 6.07 Å². The molecule has 0 aliphatic heterocycles. The second-order valence-corrected chi connectivity index (χ2v) is 0.893. The van der Waals surface area contributed by atoms with E-state index in [4.69, 9.17) is 15.6 Å². The molecule has 0 aliphatic carbocycles. The molecule has 0 heterocycles. The molecule has 0 aromatic heterocycles. The minimum absolute atomic E-state index is 0. The van der Waals surface area contributed by atoms with Crippen molar-refractivity contribution in [3.63, 3.8) is 0 Å². The van der Waals surface area contributed by atoms with Crippen molar-refractivity contribution in [3.8, 4) is 12.1 Å². The van der Waals surface area contributed by atoms with Gasteiger partial charge in [-0.3, -0.25) is 0 Å². The molecule has 36 valence electrons. The average molecular weight is 118 g/mol. The summed E-state index contributed by atoms with van der Waals surface area (Å²) >= 11 is 0. The van der Waals surface area contributed by atoms with Crippen molar-refractivity contribution < 1.29 is 34.7 Å². The van der Waals surface area contributed by atoms with Crippen molar-refractivity contribution in [1.82, 2.24) is 0 Å². The van der Waals surface area contributed by atoms with Crippen LogP contribution in [0.1, 0.15) is 6.42 Å². The smallest absolute Gasteiger partial charge is 0.529 e. The fourth-order valence-corrected chi connectivity index (χ4v) is 0.114. The Balaban J connectivity index is 0. The van der Waals surface area contributed by atoms with E-state index in [2.05, 4.69) is 0 Å². The monoisotopic (exact) mass is 118 g/mol. The van der Waals surface area contributed by atoms with Crippen LogP contribution in [0.5, 0.6) is 0 Å². The van der Waals surface area contributed by atoms with E-state index in [1.54, 1.807) is 6.07 Å². The van der Waals surface area contributed by atoms with Gasteiger partial charge in [0.05, 0.1) is 0 Å². The van der Waals surface area contributed by atoms with Crippen molar-refractivity contribution >= 4 is 0 Å². The minimum Gasteiger partial charge on any atom is -0.529 e. The summed E-state index contributed by atoms with van der Waals surface area (Å²) in [6, 6.07) is 3.02. The summed E-state index contributed by atoms with van der Waals surface area (Å²) in [5.74, 6) is 0. The zero-order chi connectivity index (χ0) is 5.70. The van der Waals surface area contributed by atoms with Gasteiger partial charge in [-0.05, 0) is 6.42 Å². The van der Waals surface area contributed by atoms with Crippen LogP contribution in [0.15, 0.2) is 0 Å². The first kappa shape index (κ1) is 10.7.